The lowest BCUT2D eigenvalue weighted by Crippen LogP contribution is -1.80. The van der Waals surface area contributed by atoms with E-state index in [1.807, 2.05) is 43.3 Å². The average molecular weight is 206 g/mol. The lowest BCUT2D eigenvalue weighted by molar-refractivity contribution is 0.423. The summed E-state index contributed by atoms with van der Waals surface area (Å²) >= 11 is 1.32. The molecule has 72 valence electrons. The number of thiophene rings is 1. The van der Waals surface area contributed by atoms with Crippen LogP contribution in [0.5, 0.6) is 16.6 Å². The lowest BCUT2D eigenvalue weighted by Gasteiger charge is -2.02. The number of ether oxygens (including phenoxy) is 1. The third-order valence-corrected chi connectivity index (χ3v) is 2.61. The summed E-state index contributed by atoms with van der Waals surface area (Å²) in [5.74, 6) is 1.26. The van der Waals surface area contributed by atoms with Gasteiger partial charge in [0.1, 0.15) is 5.75 Å². The van der Waals surface area contributed by atoms with Crippen LogP contribution in [0.25, 0.3) is 0 Å². The van der Waals surface area contributed by atoms with Crippen LogP contribution < -0.4 is 4.74 Å². The summed E-state index contributed by atoms with van der Waals surface area (Å²) in [7, 11) is 0. The Morgan fingerprint density at radius 2 is 1.93 bits per heavy atom. The van der Waals surface area contributed by atoms with E-state index in [-0.39, 0.29) is 5.06 Å². The molecule has 2 aromatic rings. The van der Waals surface area contributed by atoms with Gasteiger partial charge in [-0.05, 0) is 25.1 Å². The summed E-state index contributed by atoms with van der Waals surface area (Å²) in [6, 6.07) is 11.2. The molecule has 3 heteroatoms. The maximum atomic E-state index is 9.49. The Morgan fingerprint density at radius 3 is 2.50 bits per heavy atom. The van der Waals surface area contributed by atoms with Gasteiger partial charge in [-0.25, -0.2) is 0 Å². The standard InChI is InChI=1S/C11H10O2S/c1-8-7-10(11(12)14-8)13-9-5-3-2-4-6-9/h2-7,12H,1H3. The predicted octanol–water partition coefficient (Wildman–Crippen LogP) is 3.55. The van der Waals surface area contributed by atoms with Crippen LogP contribution in [-0.4, -0.2) is 5.11 Å². The van der Waals surface area contributed by atoms with E-state index >= 15 is 0 Å². The Labute approximate surface area is 86.4 Å². The van der Waals surface area contributed by atoms with Crippen LogP contribution in [-0.2, 0) is 0 Å². The van der Waals surface area contributed by atoms with Gasteiger partial charge in [0.2, 0.25) is 5.06 Å². The minimum absolute atomic E-state index is 0.228. The molecule has 0 amide bonds. The molecule has 0 atom stereocenters. The summed E-state index contributed by atoms with van der Waals surface area (Å²) in [6.07, 6.45) is 0. The first-order valence-corrected chi connectivity index (χ1v) is 5.09. The van der Waals surface area contributed by atoms with Crippen molar-refractivity contribution in [2.24, 2.45) is 0 Å². The second kappa shape index (κ2) is 3.72. The molecule has 1 N–H and O–H groups in total. The van der Waals surface area contributed by atoms with E-state index in [0.717, 1.165) is 10.6 Å². The van der Waals surface area contributed by atoms with Gasteiger partial charge in [-0.3, -0.25) is 0 Å². The minimum Gasteiger partial charge on any atom is -0.497 e. The van der Waals surface area contributed by atoms with Gasteiger partial charge in [0, 0.05) is 4.88 Å². The van der Waals surface area contributed by atoms with E-state index in [1.165, 1.54) is 11.3 Å². The highest BCUT2D eigenvalue weighted by atomic mass is 32.1. The van der Waals surface area contributed by atoms with Crippen molar-refractivity contribution in [1.82, 2.24) is 0 Å². The van der Waals surface area contributed by atoms with Gasteiger partial charge >= 0.3 is 0 Å². The fraction of sp³-hybridized carbons (Fsp3) is 0.0909. The number of rotatable bonds is 2. The molecule has 0 aliphatic carbocycles. The zero-order chi connectivity index (χ0) is 9.97. The van der Waals surface area contributed by atoms with E-state index in [4.69, 9.17) is 4.74 Å². The molecule has 0 radical (unpaired) electrons. The normalized spacial score (nSPS) is 10.1. The lowest BCUT2D eigenvalue weighted by atomic mass is 10.3. The number of benzene rings is 1. The molecule has 0 aliphatic heterocycles. The van der Waals surface area contributed by atoms with Crippen molar-refractivity contribution in [3.63, 3.8) is 0 Å². The summed E-state index contributed by atoms with van der Waals surface area (Å²) in [4.78, 5) is 1.04. The smallest absolute Gasteiger partial charge is 0.215 e. The van der Waals surface area contributed by atoms with Crippen LogP contribution in [0, 0.1) is 6.92 Å². The zero-order valence-electron chi connectivity index (χ0n) is 7.73. The molecule has 0 bridgehead atoms. The van der Waals surface area contributed by atoms with E-state index in [0.29, 0.717) is 5.75 Å². The van der Waals surface area contributed by atoms with Crippen LogP contribution in [0.15, 0.2) is 36.4 Å². The maximum absolute atomic E-state index is 9.49. The van der Waals surface area contributed by atoms with Gasteiger partial charge in [0.25, 0.3) is 0 Å². The molecule has 0 spiro atoms. The van der Waals surface area contributed by atoms with Crippen LogP contribution in [0.4, 0.5) is 0 Å². The zero-order valence-corrected chi connectivity index (χ0v) is 8.54. The number of aryl methyl sites for hydroxylation is 1. The number of aromatic hydroxyl groups is 1. The van der Waals surface area contributed by atoms with Crippen molar-refractivity contribution in [3.8, 4) is 16.6 Å². The van der Waals surface area contributed by atoms with E-state index in [2.05, 4.69) is 0 Å². The fourth-order valence-corrected chi connectivity index (χ4v) is 1.84. The number of hydrogen-bond donors (Lipinski definition) is 1. The highest BCUT2D eigenvalue weighted by Crippen LogP contribution is 2.38. The second-order valence-corrected chi connectivity index (χ2v) is 4.18. The third-order valence-electron chi connectivity index (χ3n) is 1.77. The predicted molar refractivity (Wildman–Crippen MR) is 57.2 cm³/mol. The molecule has 0 saturated carbocycles. The van der Waals surface area contributed by atoms with Crippen molar-refractivity contribution in [2.45, 2.75) is 6.92 Å². The SMILES string of the molecule is Cc1cc(Oc2ccccc2)c(O)s1. The molecular formula is C11H10O2S. The molecule has 2 nitrogen and oxygen atoms in total. The maximum Gasteiger partial charge on any atom is 0.215 e. The first-order chi connectivity index (χ1) is 6.75. The van der Waals surface area contributed by atoms with Crippen molar-refractivity contribution < 1.29 is 9.84 Å². The van der Waals surface area contributed by atoms with E-state index in [9.17, 15) is 5.11 Å². The Balaban J connectivity index is 2.23. The largest absolute Gasteiger partial charge is 0.497 e. The monoisotopic (exact) mass is 206 g/mol. The van der Waals surface area contributed by atoms with E-state index < -0.39 is 0 Å². The Morgan fingerprint density at radius 1 is 1.21 bits per heavy atom. The summed E-state index contributed by atoms with van der Waals surface area (Å²) < 4.78 is 5.49. The molecule has 0 fully saturated rings. The van der Waals surface area contributed by atoms with Crippen LogP contribution in [0.3, 0.4) is 0 Å². The van der Waals surface area contributed by atoms with Gasteiger partial charge in [-0.15, -0.1) is 11.3 Å². The first-order valence-electron chi connectivity index (χ1n) is 4.28. The van der Waals surface area contributed by atoms with Crippen molar-refractivity contribution in [1.29, 1.82) is 0 Å². The van der Waals surface area contributed by atoms with Gasteiger partial charge in [-0.2, -0.15) is 0 Å². The highest BCUT2D eigenvalue weighted by molar-refractivity contribution is 7.14. The first kappa shape index (κ1) is 9.09. The van der Waals surface area contributed by atoms with Crippen molar-refractivity contribution in [3.05, 3.63) is 41.3 Å². The second-order valence-electron chi connectivity index (χ2n) is 2.94. The van der Waals surface area contributed by atoms with Gasteiger partial charge in [-0.1, -0.05) is 18.2 Å². The minimum atomic E-state index is 0.228. The van der Waals surface area contributed by atoms with Crippen molar-refractivity contribution in [2.75, 3.05) is 0 Å². The summed E-state index contributed by atoms with van der Waals surface area (Å²) in [6.45, 7) is 1.93. The molecule has 1 aromatic carbocycles. The Bertz CT molecular complexity index is 420. The highest BCUT2D eigenvalue weighted by Gasteiger charge is 2.06. The topological polar surface area (TPSA) is 29.5 Å². The molecule has 1 heterocycles. The summed E-state index contributed by atoms with van der Waals surface area (Å²) in [5, 5.41) is 9.71. The van der Waals surface area contributed by atoms with E-state index in [1.54, 1.807) is 0 Å². The summed E-state index contributed by atoms with van der Waals surface area (Å²) in [5.41, 5.74) is 0. The van der Waals surface area contributed by atoms with Gasteiger partial charge in [0.05, 0.1) is 0 Å². The van der Waals surface area contributed by atoms with Gasteiger partial charge < -0.3 is 9.84 Å². The van der Waals surface area contributed by atoms with Gasteiger partial charge in [0.15, 0.2) is 5.75 Å². The number of para-hydroxylation sites is 1. The molecule has 1 aromatic heterocycles. The van der Waals surface area contributed by atoms with Crippen LogP contribution in [0.1, 0.15) is 4.88 Å². The molecular weight excluding hydrogens is 196 g/mol. The average Bonchev–Trinajstić information content (AvgIpc) is 2.47. The quantitative estimate of drug-likeness (QED) is 0.814. The van der Waals surface area contributed by atoms with Crippen LogP contribution >= 0.6 is 11.3 Å². The molecule has 2 rings (SSSR count). The molecule has 0 saturated heterocycles. The fourth-order valence-electron chi connectivity index (χ4n) is 1.17. The molecule has 0 aliphatic rings. The molecule has 14 heavy (non-hydrogen) atoms. The number of hydrogen-bond acceptors (Lipinski definition) is 3. The molecule has 0 unspecified atom stereocenters. The third kappa shape index (κ3) is 1.88. The van der Waals surface area contributed by atoms with Crippen LogP contribution in [0.2, 0.25) is 0 Å². The Kier molecular flexibility index (Phi) is 2.41. The van der Waals surface area contributed by atoms with Crippen molar-refractivity contribution >= 4 is 11.3 Å². The Hall–Kier alpha value is -1.48.